The Balaban J connectivity index is 2.26. The third-order valence-corrected chi connectivity index (χ3v) is 2.23. The van der Waals surface area contributed by atoms with Gasteiger partial charge >= 0.3 is 0 Å². The number of hydrogen-bond acceptors (Lipinski definition) is 2. The molecule has 0 aliphatic heterocycles. The molecule has 2 heteroatoms. The molecule has 0 heterocycles. The molecule has 0 saturated heterocycles. The van der Waals surface area contributed by atoms with E-state index in [0.717, 1.165) is 13.0 Å². The zero-order chi connectivity index (χ0) is 11.3. The Morgan fingerprint density at radius 2 is 2.07 bits per heavy atom. The van der Waals surface area contributed by atoms with E-state index in [1.54, 1.807) is 0 Å². The smallest absolute Gasteiger partial charge is 0.0715 e. The van der Waals surface area contributed by atoms with Crippen LogP contribution in [-0.2, 0) is 6.42 Å². The van der Waals surface area contributed by atoms with Crippen molar-refractivity contribution >= 4 is 0 Å². The Morgan fingerprint density at radius 1 is 1.33 bits per heavy atom. The van der Waals surface area contributed by atoms with Gasteiger partial charge in [-0.05, 0) is 39.3 Å². The molecule has 1 rings (SSSR count). The number of benzene rings is 1. The number of aliphatic hydroxyl groups is 1. The molecule has 1 aromatic rings. The summed E-state index contributed by atoms with van der Waals surface area (Å²) in [6, 6.07) is 8.53. The monoisotopic (exact) mass is 207 g/mol. The van der Waals surface area contributed by atoms with Gasteiger partial charge in [-0.2, -0.15) is 0 Å². The Morgan fingerprint density at radius 3 is 2.67 bits per heavy atom. The van der Waals surface area contributed by atoms with E-state index in [9.17, 15) is 5.11 Å². The second-order valence-electron chi connectivity index (χ2n) is 4.73. The molecule has 0 aliphatic rings. The summed E-state index contributed by atoms with van der Waals surface area (Å²) >= 11 is 0. The zero-order valence-corrected chi connectivity index (χ0v) is 9.88. The predicted molar refractivity (Wildman–Crippen MR) is 64.1 cm³/mol. The first-order valence-corrected chi connectivity index (χ1v) is 5.46. The van der Waals surface area contributed by atoms with E-state index < -0.39 is 5.60 Å². The molecule has 0 spiro atoms. The van der Waals surface area contributed by atoms with Gasteiger partial charge in [-0.25, -0.2) is 0 Å². The van der Waals surface area contributed by atoms with Gasteiger partial charge in [-0.3, -0.25) is 0 Å². The maximum Gasteiger partial charge on any atom is 0.0715 e. The van der Waals surface area contributed by atoms with Gasteiger partial charge in [0.15, 0.2) is 0 Å². The second-order valence-corrected chi connectivity index (χ2v) is 4.73. The Bertz CT molecular complexity index is 302. The highest BCUT2D eigenvalue weighted by atomic mass is 16.3. The molecule has 0 unspecified atom stereocenters. The quantitative estimate of drug-likeness (QED) is 0.723. The van der Waals surface area contributed by atoms with Gasteiger partial charge in [0.25, 0.3) is 0 Å². The van der Waals surface area contributed by atoms with Gasteiger partial charge < -0.3 is 10.4 Å². The lowest BCUT2D eigenvalue weighted by atomic mass is 10.1. The van der Waals surface area contributed by atoms with E-state index >= 15 is 0 Å². The van der Waals surface area contributed by atoms with Crippen molar-refractivity contribution in [2.75, 3.05) is 13.1 Å². The Hall–Kier alpha value is -0.860. The van der Waals surface area contributed by atoms with E-state index in [0.29, 0.717) is 6.54 Å². The van der Waals surface area contributed by atoms with Crippen LogP contribution in [0, 0.1) is 6.92 Å². The molecule has 84 valence electrons. The van der Waals surface area contributed by atoms with Crippen molar-refractivity contribution in [1.29, 1.82) is 0 Å². The molecule has 2 N–H and O–H groups in total. The first-order chi connectivity index (χ1) is 6.97. The van der Waals surface area contributed by atoms with Crippen LogP contribution in [0.3, 0.4) is 0 Å². The van der Waals surface area contributed by atoms with E-state index in [2.05, 4.69) is 36.5 Å². The van der Waals surface area contributed by atoms with Crippen molar-refractivity contribution < 1.29 is 5.11 Å². The fourth-order valence-corrected chi connectivity index (χ4v) is 1.49. The van der Waals surface area contributed by atoms with Gasteiger partial charge in [0.1, 0.15) is 0 Å². The molecule has 0 bridgehead atoms. The molecule has 0 amide bonds. The molecule has 0 radical (unpaired) electrons. The lowest BCUT2D eigenvalue weighted by Gasteiger charge is -2.17. The van der Waals surface area contributed by atoms with Crippen LogP contribution in [-0.4, -0.2) is 23.8 Å². The predicted octanol–water partition coefficient (Wildman–Crippen LogP) is 1.90. The molecule has 15 heavy (non-hydrogen) atoms. The van der Waals surface area contributed by atoms with Crippen molar-refractivity contribution in [2.24, 2.45) is 0 Å². The van der Waals surface area contributed by atoms with Crippen molar-refractivity contribution in [3.05, 3.63) is 35.4 Å². The van der Waals surface area contributed by atoms with Gasteiger partial charge in [-0.1, -0.05) is 29.8 Å². The summed E-state index contributed by atoms with van der Waals surface area (Å²) < 4.78 is 0. The van der Waals surface area contributed by atoms with Crippen LogP contribution < -0.4 is 5.32 Å². The minimum absolute atomic E-state index is 0.618. The van der Waals surface area contributed by atoms with Crippen molar-refractivity contribution in [2.45, 2.75) is 32.8 Å². The highest BCUT2D eigenvalue weighted by Crippen LogP contribution is 2.04. The van der Waals surface area contributed by atoms with E-state index in [1.807, 2.05) is 13.8 Å². The first kappa shape index (κ1) is 12.2. The zero-order valence-electron chi connectivity index (χ0n) is 9.88. The van der Waals surface area contributed by atoms with Crippen molar-refractivity contribution in [3.63, 3.8) is 0 Å². The Kier molecular flexibility index (Phi) is 4.30. The normalized spacial score (nSPS) is 11.7. The van der Waals surface area contributed by atoms with Crippen LogP contribution in [0.4, 0.5) is 0 Å². The van der Waals surface area contributed by atoms with Crippen molar-refractivity contribution in [3.8, 4) is 0 Å². The largest absolute Gasteiger partial charge is 0.389 e. The van der Waals surface area contributed by atoms with Gasteiger partial charge in [-0.15, -0.1) is 0 Å². The van der Waals surface area contributed by atoms with Gasteiger partial charge in [0, 0.05) is 6.54 Å². The minimum atomic E-state index is -0.618. The maximum absolute atomic E-state index is 9.50. The number of hydrogen-bond donors (Lipinski definition) is 2. The summed E-state index contributed by atoms with van der Waals surface area (Å²) in [6.07, 6.45) is 1.01. The molecule has 0 saturated carbocycles. The van der Waals surface area contributed by atoms with Crippen LogP contribution in [0.25, 0.3) is 0 Å². The summed E-state index contributed by atoms with van der Waals surface area (Å²) in [5.74, 6) is 0. The summed E-state index contributed by atoms with van der Waals surface area (Å²) in [4.78, 5) is 0. The summed E-state index contributed by atoms with van der Waals surface area (Å²) in [5, 5.41) is 12.7. The standard InChI is InChI=1S/C13H21NO/c1-11-5-4-6-12(9-11)7-8-14-10-13(2,3)15/h4-6,9,14-15H,7-8,10H2,1-3H3. The molecule has 0 aliphatic carbocycles. The van der Waals surface area contributed by atoms with Gasteiger partial charge in [0.05, 0.1) is 5.60 Å². The summed E-state index contributed by atoms with van der Waals surface area (Å²) in [5.41, 5.74) is 2.03. The molecule has 2 nitrogen and oxygen atoms in total. The van der Waals surface area contributed by atoms with E-state index in [1.165, 1.54) is 11.1 Å². The lowest BCUT2D eigenvalue weighted by Crippen LogP contribution is -2.35. The molecule has 1 aromatic carbocycles. The fourth-order valence-electron chi connectivity index (χ4n) is 1.49. The fraction of sp³-hybridized carbons (Fsp3) is 0.538. The minimum Gasteiger partial charge on any atom is -0.389 e. The highest BCUT2D eigenvalue weighted by molar-refractivity contribution is 5.22. The van der Waals surface area contributed by atoms with Crippen LogP contribution in [0.1, 0.15) is 25.0 Å². The van der Waals surface area contributed by atoms with E-state index in [-0.39, 0.29) is 0 Å². The molecular formula is C13H21NO. The van der Waals surface area contributed by atoms with Crippen LogP contribution in [0.5, 0.6) is 0 Å². The number of rotatable bonds is 5. The molecule has 0 atom stereocenters. The van der Waals surface area contributed by atoms with Crippen molar-refractivity contribution in [1.82, 2.24) is 5.32 Å². The second kappa shape index (κ2) is 5.29. The SMILES string of the molecule is Cc1cccc(CCNCC(C)(C)O)c1. The maximum atomic E-state index is 9.50. The molecule has 0 fully saturated rings. The average Bonchev–Trinajstić information content (AvgIpc) is 2.11. The first-order valence-electron chi connectivity index (χ1n) is 5.46. The lowest BCUT2D eigenvalue weighted by molar-refractivity contribution is 0.0801. The average molecular weight is 207 g/mol. The molecular weight excluding hydrogens is 186 g/mol. The van der Waals surface area contributed by atoms with Crippen LogP contribution in [0.2, 0.25) is 0 Å². The third kappa shape index (κ3) is 5.55. The van der Waals surface area contributed by atoms with Crippen LogP contribution >= 0.6 is 0 Å². The number of nitrogens with one attached hydrogen (secondary N) is 1. The van der Waals surface area contributed by atoms with E-state index in [4.69, 9.17) is 0 Å². The summed E-state index contributed by atoms with van der Waals surface area (Å²) in [6.45, 7) is 7.28. The molecule has 0 aromatic heterocycles. The van der Waals surface area contributed by atoms with Crippen LogP contribution in [0.15, 0.2) is 24.3 Å². The summed E-state index contributed by atoms with van der Waals surface area (Å²) in [7, 11) is 0. The topological polar surface area (TPSA) is 32.3 Å². The number of aryl methyl sites for hydroxylation is 1. The Labute approximate surface area is 92.3 Å². The highest BCUT2D eigenvalue weighted by Gasteiger charge is 2.10. The van der Waals surface area contributed by atoms with Gasteiger partial charge in [0.2, 0.25) is 0 Å². The third-order valence-electron chi connectivity index (χ3n) is 2.23.